The molecular weight excluding hydrogens is 390 g/mol. The van der Waals surface area contributed by atoms with Gasteiger partial charge < -0.3 is 21.1 Å². The smallest absolute Gasteiger partial charge is 0.405 e. The van der Waals surface area contributed by atoms with Crippen molar-refractivity contribution < 1.29 is 22.3 Å². The van der Waals surface area contributed by atoms with Gasteiger partial charge in [-0.25, -0.2) is 9.37 Å². The molecule has 158 valence electrons. The molecule has 0 spiro atoms. The number of nitrogen functional groups attached to an aromatic ring is 1. The third kappa shape index (κ3) is 5.93. The van der Waals surface area contributed by atoms with Crippen LogP contribution in [0.15, 0.2) is 30.5 Å². The fourth-order valence-corrected chi connectivity index (χ4v) is 3.49. The van der Waals surface area contributed by atoms with Gasteiger partial charge in [0.15, 0.2) is 11.6 Å². The van der Waals surface area contributed by atoms with Gasteiger partial charge in [-0.3, -0.25) is 0 Å². The Bertz CT molecular complexity index is 824. The molecule has 6 nitrogen and oxygen atoms in total. The highest BCUT2D eigenvalue weighted by molar-refractivity contribution is 5.42. The van der Waals surface area contributed by atoms with Crippen LogP contribution in [0, 0.1) is 11.7 Å². The van der Waals surface area contributed by atoms with E-state index < -0.39 is 12.2 Å². The molecule has 0 aliphatic heterocycles. The predicted octanol–water partition coefficient (Wildman–Crippen LogP) is 3.62. The Morgan fingerprint density at radius 2 is 1.83 bits per heavy atom. The first kappa shape index (κ1) is 21.1. The third-order valence-corrected chi connectivity index (χ3v) is 4.97. The van der Waals surface area contributed by atoms with Crippen molar-refractivity contribution in [3.05, 3.63) is 41.8 Å². The third-order valence-electron chi connectivity index (χ3n) is 4.97. The van der Waals surface area contributed by atoms with Crippen LogP contribution in [0.5, 0.6) is 5.75 Å². The van der Waals surface area contributed by atoms with Crippen molar-refractivity contribution in [2.45, 2.75) is 44.6 Å². The summed E-state index contributed by atoms with van der Waals surface area (Å²) in [5.41, 5.74) is 11.8. The Labute approximate surface area is 165 Å². The summed E-state index contributed by atoms with van der Waals surface area (Å²) in [5, 5.41) is 0. The van der Waals surface area contributed by atoms with Crippen LogP contribution >= 0.6 is 0 Å². The second kappa shape index (κ2) is 8.81. The van der Waals surface area contributed by atoms with E-state index in [1.165, 1.54) is 18.2 Å². The number of para-hydroxylation sites is 1. The van der Waals surface area contributed by atoms with Crippen molar-refractivity contribution in [2.24, 2.45) is 11.7 Å². The monoisotopic (exact) mass is 413 g/mol. The van der Waals surface area contributed by atoms with Crippen LogP contribution in [-0.4, -0.2) is 28.9 Å². The van der Waals surface area contributed by atoms with Crippen molar-refractivity contribution in [2.75, 3.05) is 17.2 Å². The molecule has 0 saturated heterocycles. The average Bonchev–Trinajstić information content (AvgIpc) is 2.65. The van der Waals surface area contributed by atoms with Crippen molar-refractivity contribution in [1.29, 1.82) is 0 Å². The number of ether oxygens (including phenoxy) is 1. The van der Waals surface area contributed by atoms with Gasteiger partial charge in [-0.05, 0) is 37.7 Å². The molecule has 10 heteroatoms. The largest absolute Gasteiger partial charge is 0.573 e. The van der Waals surface area contributed by atoms with E-state index in [0.29, 0.717) is 12.1 Å². The molecule has 3 rings (SSSR count). The zero-order chi connectivity index (χ0) is 21.0. The molecule has 0 amide bonds. The van der Waals surface area contributed by atoms with Crippen LogP contribution in [0.1, 0.15) is 31.2 Å². The SMILES string of the molecule is Nc1nc(N(Cc2ccccc2OC(F)(F)F)CC2CCC(N)CC2)ncc1F. The minimum Gasteiger partial charge on any atom is -0.405 e. The van der Waals surface area contributed by atoms with Crippen molar-refractivity contribution in [1.82, 2.24) is 9.97 Å². The van der Waals surface area contributed by atoms with E-state index >= 15 is 0 Å². The van der Waals surface area contributed by atoms with Gasteiger partial charge in [-0.2, -0.15) is 4.98 Å². The Morgan fingerprint density at radius 3 is 2.48 bits per heavy atom. The van der Waals surface area contributed by atoms with E-state index in [1.54, 1.807) is 11.0 Å². The lowest BCUT2D eigenvalue weighted by atomic mass is 9.86. The number of halogens is 4. The molecule has 2 aromatic rings. The van der Waals surface area contributed by atoms with E-state index in [9.17, 15) is 17.6 Å². The normalized spacial score (nSPS) is 19.8. The quantitative estimate of drug-likeness (QED) is 0.703. The number of alkyl halides is 3. The lowest BCUT2D eigenvalue weighted by Gasteiger charge is -2.32. The van der Waals surface area contributed by atoms with Crippen molar-refractivity contribution >= 4 is 11.8 Å². The predicted molar refractivity (Wildman–Crippen MR) is 101 cm³/mol. The number of benzene rings is 1. The standard InChI is InChI=1S/C19H23F4N5O/c20-15-9-26-18(27-17(15)25)28(10-12-5-7-14(24)8-6-12)11-13-3-1-2-4-16(13)29-19(21,22)23/h1-4,9,12,14H,5-8,10-11,24H2,(H2,25,26,27). The molecule has 0 atom stereocenters. The molecule has 29 heavy (non-hydrogen) atoms. The Morgan fingerprint density at radius 1 is 1.14 bits per heavy atom. The highest BCUT2D eigenvalue weighted by atomic mass is 19.4. The van der Waals surface area contributed by atoms with E-state index in [-0.39, 0.29) is 36.0 Å². The van der Waals surface area contributed by atoms with Gasteiger partial charge in [0.2, 0.25) is 5.95 Å². The summed E-state index contributed by atoms with van der Waals surface area (Å²) in [5.74, 6) is -0.949. The highest BCUT2D eigenvalue weighted by Crippen LogP contribution is 2.30. The molecule has 1 aliphatic carbocycles. The maximum atomic E-state index is 13.5. The second-order valence-corrected chi connectivity index (χ2v) is 7.22. The fourth-order valence-electron chi connectivity index (χ4n) is 3.49. The van der Waals surface area contributed by atoms with Crippen LogP contribution in [-0.2, 0) is 6.54 Å². The van der Waals surface area contributed by atoms with Crippen molar-refractivity contribution in [3.8, 4) is 5.75 Å². The van der Waals surface area contributed by atoms with Crippen LogP contribution in [0.2, 0.25) is 0 Å². The first-order chi connectivity index (χ1) is 13.7. The molecule has 1 aromatic carbocycles. The first-order valence-corrected chi connectivity index (χ1v) is 9.33. The van der Waals surface area contributed by atoms with E-state index in [0.717, 1.165) is 31.9 Å². The van der Waals surface area contributed by atoms with Gasteiger partial charge in [0.05, 0.1) is 6.20 Å². The lowest BCUT2D eigenvalue weighted by Crippen LogP contribution is -2.35. The van der Waals surface area contributed by atoms with E-state index in [4.69, 9.17) is 11.5 Å². The molecule has 1 fully saturated rings. The Hall–Kier alpha value is -2.62. The maximum absolute atomic E-state index is 13.5. The highest BCUT2D eigenvalue weighted by Gasteiger charge is 2.32. The summed E-state index contributed by atoms with van der Waals surface area (Å²) in [6, 6.07) is 6.04. The number of nitrogens with zero attached hydrogens (tertiary/aromatic N) is 3. The molecule has 1 saturated carbocycles. The van der Waals surface area contributed by atoms with Crippen LogP contribution in [0.4, 0.5) is 29.3 Å². The first-order valence-electron chi connectivity index (χ1n) is 9.33. The van der Waals surface area contributed by atoms with E-state index in [1.807, 2.05) is 0 Å². The van der Waals surface area contributed by atoms with Gasteiger partial charge in [0, 0.05) is 24.7 Å². The summed E-state index contributed by atoms with van der Waals surface area (Å²) in [6.07, 6.45) is -0.335. The van der Waals surface area contributed by atoms with Gasteiger partial charge in [0.25, 0.3) is 0 Å². The van der Waals surface area contributed by atoms with Gasteiger partial charge in [-0.15, -0.1) is 13.2 Å². The van der Waals surface area contributed by atoms with Crippen molar-refractivity contribution in [3.63, 3.8) is 0 Å². The lowest BCUT2D eigenvalue weighted by molar-refractivity contribution is -0.274. The second-order valence-electron chi connectivity index (χ2n) is 7.22. The van der Waals surface area contributed by atoms with Crippen LogP contribution < -0.4 is 21.1 Å². The summed E-state index contributed by atoms with van der Waals surface area (Å²) >= 11 is 0. The minimum absolute atomic E-state index is 0.0554. The minimum atomic E-state index is -4.81. The van der Waals surface area contributed by atoms with E-state index in [2.05, 4.69) is 14.7 Å². The summed E-state index contributed by atoms with van der Waals surface area (Å²) in [6.45, 7) is 0.540. The topological polar surface area (TPSA) is 90.3 Å². The molecule has 1 aliphatic rings. The number of nitrogens with two attached hydrogens (primary N) is 2. The number of hydrogen-bond acceptors (Lipinski definition) is 6. The zero-order valence-corrected chi connectivity index (χ0v) is 15.7. The summed E-state index contributed by atoms with van der Waals surface area (Å²) in [4.78, 5) is 9.68. The Balaban J connectivity index is 1.86. The van der Waals surface area contributed by atoms with Gasteiger partial charge in [-0.1, -0.05) is 18.2 Å². The summed E-state index contributed by atoms with van der Waals surface area (Å²) < 4.78 is 55.9. The molecule has 1 heterocycles. The number of anilines is 2. The molecule has 0 bridgehead atoms. The van der Waals surface area contributed by atoms with Gasteiger partial charge >= 0.3 is 6.36 Å². The number of rotatable bonds is 6. The molecule has 0 unspecified atom stereocenters. The fraction of sp³-hybridized carbons (Fsp3) is 0.474. The molecule has 4 N–H and O–H groups in total. The summed E-state index contributed by atoms with van der Waals surface area (Å²) in [7, 11) is 0. The molecular formula is C19H23F4N5O. The van der Waals surface area contributed by atoms with Gasteiger partial charge in [0.1, 0.15) is 5.75 Å². The molecule has 0 radical (unpaired) electrons. The average molecular weight is 413 g/mol. The number of hydrogen-bond donors (Lipinski definition) is 2. The maximum Gasteiger partial charge on any atom is 0.573 e. The molecule has 1 aromatic heterocycles. The number of aromatic nitrogens is 2. The zero-order valence-electron chi connectivity index (χ0n) is 15.7. The van der Waals surface area contributed by atoms with Crippen LogP contribution in [0.25, 0.3) is 0 Å². The Kier molecular flexibility index (Phi) is 6.41. The van der Waals surface area contributed by atoms with Crippen LogP contribution in [0.3, 0.4) is 0 Å².